The average molecular weight is 379 g/mol. The van der Waals surface area contributed by atoms with Gasteiger partial charge in [-0.05, 0) is 46.8 Å². The fraction of sp³-hybridized carbons (Fsp3) is 0.125. The predicted molar refractivity (Wildman–Crippen MR) is 86.4 cm³/mol. The monoisotopic (exact) mass is 379 g/mol. The maximum atomic E-state index is 12.1. The third-order valence-corrected chi connectivity index (χ3v) is 3.17. The zero-order chi connectivity index (χ0) is 19.3. The molecule has 0 saturated carbocycles. The molecular weight excluding hydrogens is 367 g/mol. The van der Waals surface area contributed by atoms with Gasteiger partial charge in [-0.3, -0.25) is 4.79 Å². The molecule has 1 heterocycles. The molecular formula is C16H12F3N5O3. The minimum Gasteiger partial charge on any atom is -0.484 e. The van der Waals surface area contributed by atoms with E-state index in [9.17, 15) is 18.0 Å². The first-order chi connectivity index (χ1) is 12.9. The van der Waals surface area contributed by atoms with Gasteiger partial charge < -0.3 is 14.8 Å². The summed E-state index contributed by atoms with van der Waals surface area (Å²) in [6, 6.07) is 11.5. The lowest BCUT2D eigenvalue weighted by Crippen LogP contribution is -2.20. The van der Waals surface area contributed by atoms with E-state index in [1.165, 1.54) is 23.1 Å². The largest absolute Gasteiger partial charge is 0.573 e. The van der Waals surface area contributed by atoms with E-state index in [4.69, 9.17) is 4.74 Å². The molecule has 0 bridgehead atoms. The van der Waals surface area contributed by atoms with Crippen molar-refractivity contribution in [3.8, 4) is 17.2 Å². The molecule has 0 saturated heterocycles. The van der Waals surface area contributed by atoms with Crippen LogP contribution in [0.5, 0.6) is 11.5 Å². The summed E-state index contributed by atoms with van der Waals surface area (Å²) < 4.78 is 46.9. The zero-order valence-electron chi connectivity index (χ0n) is 13.6. The third kappa shape index (κ3) is 5.42. The van der Waals surface area contributed by atoms with Crippen LogP contribution in [0.15, 0.2) is 54.9 Å². The summed E-state index contributed by atoms with van der Waals surface area (Å²) in [5.41, 5.74) is 0.957. The minimum atomic E-state index is -4.77. The Morgan fingerprint density at radius 3 is 2.56 bits per heavy atom. The Hall–Kier alpha value is -3.63. The molecule has 3 rings (SSSR count). The Kier molecular flexibility index (Phi) is 5.20. The van der Waals surface area contributed by atoms with Crippen LogP contribution >= 0.6 is 0 Å². The highest BCUT2D eigenvalue weighted by atomic mass is 19.4. The molecule has 140 valence electrons. The number of carbonyl (C=O) groups is 1. The van der Waals surface area contributed by atoms with Crippen LogP contribution in [0.1, 0.15) is 0 Å². The summed E-state index contributed by atoms with van der Waals surface area (Å²) in [7, 11) is 0. The topological polar surface area (TPSA) is 91.2 Å². The second-order valence-corrected chi connectivity index (χ2v) is 5.16. The van der Waals surface area contributed by atoms with Crippen molar-refractivity contribution in [3.05, 3.63) is 54.9 Å². The number of anilines is 1. The number of halogens is 3. The van der Waals surface area contributed by atoms with E-state index < -0.39 is 12.3 Å². The molecule has 1 N–H and O–H groups in total. The first kappa shape index (κ1) is 18.2. The van der Waals surface area contributed by atoms with Gasteiger partial charge >= 0.3 is 6.36 Å². The molecule has 1 amide bonds. The molecule has 0 aliphatic carbocycles. The number of nitrogens with zero attached hydrogens (tertiary/aromatic N) is 4. The van der Waals surface area contributed by atoms with Crippen molar-refractivity contribution >= 4 is 11.6 Å². The molecule has 0 aliphatic rings. The molecule has 0 fully saturated rings. The van der Waals surface area contributed by atoms with Crippen molar-refractivity contribution in [2.24, 2.45) is 0 Å². The van der Waals surface area contributed by atoms with E-state index in [1.54, 1.807) is 24.3 Å². The van der Waals surface area contributed by atoms with Crippen molar-refractivity contribution in [3.63, 3.8) is 0 Å². The number of ether oxygens (including phenoxy) is 2. The van der Waals surface area contributed by atoms with E-state index in [2.05, 4.69) is 25.6 Å². The number of aromatic nitrogens is 4. The zero-order valence-corrected chi connectivity index (χ0v) is 13.6. The summed E-state index contributed by atoms with van der Waals surface area (Å²) in [4.78, 5) is 11.9. The fourth-order valence-electron chi connectivity index (χ4n) is 2.08. The lowest BCUT2D eigenvalue weighted by molar-refractivity contribution is -0.274. The lowest BCUT2D eigenvalue weighted by atomic mass is 10.3. The van der Waals surface area contributed by atoms with Crippen LogP contribution in [-0.4, -0.2) is 39.1 Å². The van der Waals surface area contributed by atoms with Gasteiger partial charge in [-0.1, -0.05) is 6.07 Å². The number of hydrogen-bond donors (Lipinski definition) is 1. The molecule has 3 aromatic rings. The summed E-state index contributed by atoms with van der Waals surface area (Å²) >= 11 is 0. The number of carbonyl (C=O) groups excluding carboxylic acids is 1. The smallest absolute Gasteiger partial charge is 0.484 e. The number of benzene rings is 2. The average Bonchev–Trinajstić information content (AvgIpc) is 3.15. The van der Waals surface area contributed by atoms with E-state index >= 15 is 0 Å². The summed E-state index contributed by atoms with van der Waals surface area (Å²) in [5, 5.41) is 13.3. The molecule has 8 nitrogen and oxygen atoms in total. The van der Waals surface area contributed by atoms with Crippen molar-refractivity contribution in [2.45, 2.75) is 6.36 Å². The highest BCUT2D eigenvalue weighted by molar-refractivity contribution is 5.91. The quantitative estimate of drug-likeness (QED) is 0.708. The van der Waals surface area contributed by atoms with Crippen LogP contribution in [-0.2, 0) is 4.79 Å². The minimum absolute atomic E-state index is 0.292. The second-order valence-electron chi connectivity index (χ2n) is 5.16. The summed E-state index contributed by atoms with van der Waals surface area (Å²) in [6.07, 6.45) is -3.35. The molecule has 0 radical (unpaired) electrons. The molecule has 11 heteroatoms. The second kappa shape index (κ2) is 7.72. The molecule has 2 aromatic carbocycles. The van der Waals surface area contributed by atoms with Crippen molar-refractivity contribution in [2.75, 3.05) is 11.9 Å². The number of amides is 1. The van der Waals surface area contributed by atoms with Crippen LogP contribution in [0.3, 0.4) is 0 Å². The van der Waals surface area contributed by atoms with Crippen LogP contribution in [0.25, 0.3) is 5.69 Å². The van der Waals surface area contributed by atoms with Gasteiger partial charge in [0, 0.05) is 11.8 Å². The molecule has 0 unspecified atom stereocenters. The van der Waals surface area contributed by atoms with Gasteiger partial charge in [0.15, 0.2) is 6.61 Å². The van der Waals surface area contributed by atoms with Crippen molar-refractivity contribution in [1.29, 1.82) is 0 Å². The first-order valence-electron chi connectivity index (χ1n) is 7.51. The maximum absolute atomic E-state index is 12.1. The molecule has 1 aromatic heterocycles. The Morgan fingerprint density at radius 1 is 1.11 bits per heavy atom. The van der Waals surface area contributed by atoms with Gasteiger partial charge in [0.05, 0.1) is 5.69 Å². The summed E-state index contributed by atoms with van der Waals surface area (Å²) in [5.74, 6) is -0.435. The number of alkyl halides is 3. The maximum Gasteiger partial charge on any atom is 0.573 e. The number of tetrazole rings is 1. The number of rotatable bonds is 6. The van der Waals surface area contributed by atoms with E-state index in [0.29, 0.717) is 17.1 Å². The van der Waals surface area contributed by atoms with Crippen LogP contribution in [0, 0.1) is 0 Å². The van der Waals surface area contributed by atoms with Gasteiger partial charge in [0.2, 0.25) is 0 Å². The molecule has 0 spiro atoms. The normalized spacial score (nSPS) is 11.1. The van der Waals surface area contributed by atoms with Gasteiger partial charge in [0.1, 0.15) is 17.8 Å². The van der Waals surface area contributed by atoms with E-state index in [-0.39, 0.29) is 12.4 Å². The SMILES string of the molecule is O=C(COc1cccc(-n2cnnn2)c1)Nc1ccc(OC(F)(F)F)cc1. The number of hydrogen-bond acceptors (Lipinski definition) is 6. The number of nitrogens with one attached hydrogen (secondary N) is 1. The predicted octanol–water partition coefficient (Wildman–Crippen LogP) is 2.58. The van der Waals surface area contributed by atoms with Gasteiger partial charge in [-0.2, -0.15) is 0 Å². The van der Waals surface area contributed by atoms with Crippen molar-refractivity contribution in [1.82, 2.24) is 20.2 Å². The van der Waals surface area contributed by atoms with Crippen LogP contribution in [0.2, 0.25) is 0 Å². The molecule has 27 heavy (non-hydrogen) atoms. The van der Waals surface area contributed by atoms with Crippen molar-refractivity contribution < 1.29 is 27.4 Å². The van der Waals surface area contributed by atoms with Gasteiger partial charge in [0.25, 0.3) is 5.91 Å². The highest BCUT2D eigenvalue weighted by Gasteiger charge is 2.30. The fourth-order valence-corrected chi connectivity index (χ4v) is 2.08. The van der Waals surface area contributed by atoms with E-state index in [1.807, 2.05) is 0 Å². The standard InChI is InChI=1S/C16H12F3N5O3/c17-16(18,19)27-13-6-4-11(5-7-13)21-15(25)9-26-14-3-1-2-12(8-14)24-10-20-22-23-24/h1-8,10H,9H2,(H,21,25). The van der Waals surface area contributed by atoms with E-state index in [0.717, 1.165) is 12.1 Å². The van der Waals surface area contributed by atoms with Gasteiger partial charge in [-0.15, -0.1) is 18.3 Å². The molecule has 0 atom stereocenters. The lowest BCUT2D eigenvalue weighted by Gasteiger charge is -2.10. The van der Waals surface area contributed by atoms with Gasteiger partial charge in [-0.25, -0.2) is 4.68 Å². The highest BCUT2D eigenvalue weighted by Crippen LogP contribution is 2.24. The Bertz CT molecular complexity index is 898. The first-order valence-corrected chi connectivity index (χ1v) is 7.51. The Morgan fingerprint density at radius 2 is 1.89 bits per heavy atom. The molecule has 0 aliphatic heterocycles. The Balaban J connectivity index is 1.53. The Labute approximate surface area is 150 Å². The summed E-state index contributed by atoms with van der Waals surface area (Å²) in [6.45, 7) is -0.292. The third-order valence-electron chi connectivity index (χ3n) is 3.17. The van der Waals surface area contributed by atoms with Crippen LogP contribution < -0.4 is 14.8 Å². The van der Waals surface area contributed by atoms with Crippen LogP contribution in [0.4, 0.5) is 18.9 Å².